The summed E-state index contributed by atoms with van der Waals surface area (Å²) < 4.78 is 12.8. The van der Waals surface area contributed by atoms with Gasteiger partial charge in [0.15, 0.2) is 5.82 Å². The van der Waals surface area contributed by atoms with Crippen molar-refractivity contribution < 1.29 is 14.1 Å². The van der Waals surface area contributed by atoms with Crippen LogP contribution in [0.4, 0.5) is 5.82 Å². The average molecular weight is 417 g/mol. The molecule has 1 aliphatic rings. The van der Waals surface area contributed by atoms with Crippen LogP contribution in [0.15, 0.2) is 40.9 Å². The van der Waals surface area contributed by atoms with Crippen LogP contribution in [0.1, 0.15) is 47.4 Å². The third-order valence-corrected chi connectivity index (χ3v) is 5.57. The number of rotatable bonds is 6. The highest BCUT2D eigenvalue weighted by Gasteiger charge is 2.29. The van der Waals surface area contributed by atoms with Crippen LogP contribution in [0.25, 0.3) is 22.4 Å². The first-order valence-electron chi connectivity index (χ1n) is 10.4. The van der Waals surface area contributed by atoms with E-state index in [1.807, 2.05) is 54.9 Å². The lowest BCUT2D eigenvalue weighted by atomic mass is 10.0. The Morgan fingerprint density at radius 2 is 2.13 bits per heavy atom. The Labute approximate surface area is 179 Å². The van der Waals surface area contributed by atoms with Gasteiger partial charge in [-0.3, -0.25) is 9.48 Å². The maximum Gasteiger partial charge on any atom is 0.259 e. The summed E-state index contributed by atoms with van der Waals surface area (Å²) in [6, 6.07) is 11.2. The Morgan fingerprint density at radius 3 is 2.84 bits per heavy atom. The topological polar surface area (TPSA) is 95.1 Å². The maximum absolute atomic E-state index is 13.4. The molecule has 0 bridgehead atoms. The van der Waals surface area contributed by atoms with Crippen LogP contribution in [-0.4, -0.2) is 32.9 Å². The predicted molar refractivity (Wildman–Crippen MR) is 116 cm³/mol. The maximum atomic E-state index is 13.4. The lowest BCUT2D eigenvalue weighted by molar-refractivity contribution is 0.102. The normalized spacial score (nSPS) is 13.5. The van der Waals surface area contributed by atoms with Crippen molar-refractivity contribution in [1.82, 2.24) is 19.9 Å². The summed E-state index contributed by atoms with van der Waals surface area (Å²) in [5.41, 5.74) is 4.04. The Kier molecular flexibility index (Phi) is 4.69. The molecule has 1 N–H and O–H groups in total. The predicted octanol–water partition coefficient (Wildman–Crippen LogP) is 4.55. The molecule has 4 aromatic rings. The largest absolute Gasteiger partial charge is 0.497 e. The van der Waals surface area contributed by atoms with Crippen LogP contribution in [0.2, 0.25) is 0 Å². The third-order valence-electron chi connectivity index (χ3n) is 5.57. The van der Waals surface area contributed by atoms with Gasteiger partial charge in [-0.2, -0.15) is 5.10 Å². The Hall–Kier alpha value is -3.68. The molecule has 3 heterocycles. The summed E-state index contributed by atoms with van der Waals surface area (Å²) in [7, 11) is 1.61. The molecule has 0 unspecified atom stereocenters. The number of aromatic nitrogens is 4. The van der Waals surface area contributed by atoms with Crippen LogP contribution in [0.5, 0.6) is 5.75 Å². The van der Waals surface area contributed by atoms with Gasteiger partial charge in [-0.1, -0.05) is 17.3 Å². The molecule has 31 heavy (non-hydrogen) atoms. The molecule has 1 amide bonds. The van der Waals surface area contributed by atoms with Crippen LogP contribution < -0.4 is 10.1 Å². The molecule has 1 saturated carbocycles. The van der Waals surface area contributed by atoms with E-state index in [1.54, 1.807) is 7.11 Å². The number of nitrogens with one attached hydrogen (secondary N) is 1. The number of fused-ring (bicyclic) bond motifs is 1. The standard InChI is InChI=1S/C23H23N5O3/c1-4-28-13(2)10-19(26-28)25-22(29)17-12-18(14-8-9-14)24-23-20(17)21(27-31-23)15-6-5-7-16(11-15)30-3/h5-7,10-12,14H,4,8-9H2,1-3H3,(H,25,26,29). The van der Waals surface area contributed by atoms with E-state index >= 15 is 0 Å². The number of methoxy groups -OCH3 is 1. The van der Waals surface area contributed by atoms with Crippen molar-refractivity contribution in [1.29, 1.82) is 0 Å². The number of ether oxygens (including phenoxy) is 1. The number of carbonyl (C=O) groups excluding carboxylic acids is 1. The number of pyridine rings is 1. The molecular formula is C23H23N5O3. The van der Waals surface area contributed by atoms with E-state index in [4.69, 9.17) is 9.26 Å². The second-order valence-electron chi connectivity index (χ2n) is 7.75. The van der Waals surface area contributed by atoms with E-state index in [2.05, 4.69) is 20.6 Å². The van der Waals surface area contributed by atoms with Gasteiger partial charge in [0.1, 0.15) is 11.4 Å². The number of amides is 1. The molecule has 0 spiro atoms. The zero-order valence-electron chi connectivity index (χ0n) is 17.7. The van der Waals surface area contributed by atoms with Gasteiger partial charge in [0, 0.05) is 35.5 Å². The summed E-state index contributed by atoms with van der Waals surface area (Å²) in [5, 5.41) is 12.2. The number of anilines is 1. The molecule has 0 atom stereocenters. The van der Waals surface area contributed by atoms with E-state index in [-0.39, 0.29) is 5.91 Å². The van der Waals surface area contributed by atoms with E-state index < -0.39 is 0 Å². The van der Waals surface area contributed by atoms with E-state index in [0.717, 1.165) is 36.3 Å². The first kappa shape index (κ1) is 19.3. The van der Waals surface area contributed by atoms with Crippen LogP contribution >= 0.6 is 0 Å². The van der Waals surface area contributed by atoms with Crippen molar-refractivity contribution >= 4 is 22.8 Å². The first-order valence-corrected chi connectivity index (χ1v) is 10.4. The van der Waals surface area contributed by atoms with E-state index in [1.165, 1.54) is 0 Å². The van der Waals surface area contributed by atoms with E-state index in [0.29, 0.717) is 39.8 Å². The van der Waals surface area contributed by atoms with Gasteiger partial charge in [-0.05, 0) is 44.9 Å². The molecule has 5 rings (SSSR count). The number of hydrogen-bond donors (Lipinski definition) is 1. The average Bonchev–Trinajstić information content (AvgIpc) is 3.45. The quantitative estimate of drug-likeness (QED) is 0.494. The van der Waals surface area contributed by atoms with Gasteiger partial charge < -0.3 is 14.6 Å². The second-order valence-corrected chi connectivity index (χ2v) is 7.75. The van der Waals surface area contributed by atoms with Crippen LogP contribution in [0.3, 0.4) is 0 Å². The summed E-state index contributed by atoms with van der Waals surface area (Å²) in [5.74, 6) is 1.31. The molecule has 158 valence electrons. The van der Waals surface area contributed by atoms with Crippen molar-refractivity contribution in [3.05, 3.63) is 53.3 Å². The lowest BCUT2D eigenvalue weighted by Crippen LogP contribution is -2.14. The number of carbonyl (C=O) groups is 1. The SMILES string of the molecule is CCn1nc(NC(=O)c2cc(C3CC3)nc3onc(-c4cccc(OC)c4)c23)cc1C. The fraction of sp³-hybridized carbons (Fsp3) is 0.304. The van der Waals surface area contributed by atoms with Gasteiger partial charge in [-0.25, -0.2) is 4.98 Å². The van der Waals surface area contributed by atoms with Crippen molar-refractivity contribution in [2.24, 2.45) is 0 Å². The van der Waals surface area contributed by atoms with Crippen molar-refractivity contribution in [2.75, 3.05) is 12.4 Å². The van der Waals surface area contributed by atoms with Gasteiger partial charge in [0.2, 0.25) is 0 Å². The minimum absolute atomic E-state index is 0.262. The Bertz CT molecular complexity index is 1290. The molecule has 3 aromatic heterocycles. The number of benzene rings is 1. The summed E-state index contributed by atoms with van der Waals surface area (Å²) in [6.45, 7) is 4.71. The molecule has 8 nitrogen and oxygen atoms in total. The lowest BCUT2D eigenvalue weighted by Gasteiger charge is -2.07. The van der Waals surface area contributed by atoms with E-state index in [9.17, 15) is 4.79 Å². The first-order chi connectivity index (χ1) is 15.1. The van der Waals surface area contributed by atoms with Crippen LogP contribution in [0, 0.1) is 6.92 Å². The highest BCUT2D eigenvalue weighted by molar-refractivity contribution is 6.14. The Balaban J connectivity index is 1.62. The summed E-state index contributed by atoms with van der Waals surface area (Å²) >= 11 is 0. The molecule has 1 fully saturated rings. The van der Waals surface area contributed by atoms with Crippen molar-refractivity contribution in [3.63, 3.8) is 0 Å². The van der Waals surface area contributed by atoms with Gasteiger partial charge in [-0.15, -0.1) is 0 Å². The molecule has 1 aliphatic carbocycles. The number of aryl methyl sites for hydroxylation is 2. The van der Waals surface area contributed by atoms with Crippen molar-refractivity contribution in [3.8, 4) is 17.0 Å². The third kappa shape index (κ3) is 3.54. The second kappa shape index (κ2) is 7.54. The smallest absolute Gasteiger partial charge is 0.259 e. The van der Waals surface area contributed by atoms with Gasteiger partial charge in [0.25, 0.3) is 11.6 Å². The summed E-state index contributed by atoms with van der Waals surface area (Å²) in [6.07, 6.45) is 2.13. The van der Waals surface area contributed by atoms with Gasteiger partial charge in [0.05, 0.1) is 18.1 Å². The van der Waals surface area contributed by atoms with Crippen LogP contribution in [-0.2, 0) is 6.54 Å². The minimum atomic E-state index is -0.262. The summed E-state index contributed by atoms with van der Waals surface area (Å²) in [4.78, 5) is 18.0. The molecule has 1 aromatic carbocycles. The highest BCUT2D eigenvalue weighted by atomic mass is 16.5. The zero-order valence-corrected chi connectivity index (χ0v) is 17.7. The fourth-order valence-electron chi connectivity index (χ4n) is 3.78. The number of nitrogens with zero attached hydrogens (tertiary/aromatic N) is 4. The van der Waals surface area contributed by atoms with Gasteiger partial charge >= 0.3 is 0 Å². The van der Waals surface area contributed by atoms with Crippen molar-refractivity contribution in [2.45, 2.75) is 39.2 Å². The number of hydrogen-bond acceptors (Lipinski definition) is 6. The molecule has 0 aliphatic heterocycles. The monoisotopic (exact) mass is 417 g/mol. The fourth-order valence-corrected chi connectivity index (χ4v) is 3.78. The molecule has 0 radical (unpaired) electrons. The minimum Gasteiger partial charge on any atom is -0.497 e. The molecular weight excluding hydrogens is 394 g/mol. The highest BCUT2D eigenvalue weighted by Crippen LogP contribution is 2.41. The Morgan fingerprint density at radius 1 is 1.29 bits per heavy atom. The molecule has 8 heteroatoms. The molecule has 0 saturated heterocycles. The zero-order chi connectivity index (χ0) is 21.5.